The second-order valence-corrected chi connectivity index (χ2v) is 7.97. The van der Waals surface area contributed by atoms with Crippen molar-refractivity contribution in [1.29, 1.82) is 0 Å². The number of aromatic nitrogens is 4. The summed E-state index contributed by atoms with van der Waals surface area (Å²) in [5.74, 6) is 0.178. The van der Waals surface area contributed by atoms with Crippen molar-refractivity contribution in [3.63, 3.8) is 0 Å². The predicted octanol–water partition coefficient (Wildman–Crippen LogP) is 0.493. The van der Waals surface area contributed by atoms with E-state index >= 15 is 0 Å². The van der Waals surface area contributed by atoms with Crippen LogP contribution in [-0.2, 0) is 27.7 Å². The van der Waals surface area contributed by atoms with Crippen molar-refractivity contribution in [2.24, 2.45) is 0 Å². The van der Waals surface area contributed by atoms with Crippen LogP contribution in [0.2, 0.25) is 0 Å². The first-order chi connectivity index (χ1) is 9.74. The van der Waals surface area contributed by atoms with Crippen LogP contribution in [0, 0.1) is 0 Å². The molecule has 21 heavy (non-hydrogen) atoms. The molecule has 0 spiro atoms. The maximum absolute atomic E-state index is 11.8. The highest BCUT2D eigenvalue weighted by atomic mass is 32.2. The topological polar surface area (TPSA) is 98.0 Å². The first-order valence-corrected chi connectivity index (χ1v) is 8.30. The van der Waals surface area contributed by atoms with Crippen LogP contribution in [0.5, 0.6) is 0 Å². The maximum Gasteiger partial charge on any atom is 0.195 e. The Balaban J connectivity index is 2.20. The van der Waals surface area contributed by atoms with E-state index in [1.54, 1.807) is 13.8 Å². The predicted molar refractivity (Wildman–Crippen MR) is 77.2 cm³/mol. The summed E-state index contributed by atoms with van der Waals surface area (Å²) in [6.45, 7) is 3.49. The lowest BCUT2D eigenvalue weighted by atomic mass is 10.1. The molecule has 2 rings (SSSR count). The molecule has 0 fully saturated rings. The van der Waals surface area contributed by atoms with Crippen molar-refractivity contribution in [2.75, 3.05) is 6.26 Å². The van der Waals surface area contributed by atoms with E-state index in [1.807, 2.05) is 24.3 Å². The van der Waals surface area contributed by atoms with E-state index in [1.165, 1.54) is 4.80 Å². The molecule has 0 radical (unpaired) electrons. The van der Waals surface area contributed by atoms with Crippen molar-refractivity contribution in [1.82, 2.24) is 20.2 Å². The summed E-state index contributed by atoms with van der Waals surface area (Å²) in [7, 11) is -3.33. The van der Waals surface area contributed by atoms with Crippen LogP contribution in [0.4, 0.5) is 0 Å². The minimum atomic E-state index is -3.33. The lowest BCUT2D eigenvalue weighted by molar-refractivity contribution is 0.282. The average molecular weight is 310 g/mol. The van der Waals surface area contributed by atoms with Gasteiger partial charge in [-0.1, -0.05) is 24.3 Å². The van der Waals surface area contributed by atoms with Gasteiger partial charge in [-0.2, -0.15) is 4.80 Å². The van der Waals surface area contributed by atoms with Crippen LogP contribution < -0.4 is 0 Å². The van der Waals surface area contributed by atoms with Gasteiger partial charge in [0.1, 0.15) is 4.75 Å². The maximum atomic E-state index is 11.8. The number of benzene rings is 1. The highest BCUT2D eigenvalue weighted by Gasteiger charge is 2.37. The van der Waals surface area contributed by atoms with Crippen molar-refractivity contribution < 1.29 is 13.5 Å². The van der Waals surface area contributed by atoms with E-state index in [0.29, 0.717) is 6.54 Å². The lowest BCUT2D eigenvalue weighted by Gasteiger charge is -2.17. The second kappa shape index (κ2) is 5.53. The monoisotopic (exact) mass is 310 g/mol. The van der Waals surface area contributed by atoms with Gasteiger partial charge in [0.25, 0.3) is 0 Å². The molecule has 0 saturated heterocycles. The van der Waals surface area contributed by atoms with E-state index < -0.39 is 14.6 Å². The largest absolute Gasteiger partial charge is 0.392 e. The standard InChI is InChI=1S/C13H18N4O3S/c1-13(2,21(3,19)20)12-14-16-17(15-12)8-10-4-6-11(9-18)7-5-10/h4-7,18H,8-9H2,1-3H3. The quantitative estimate of drug-likeness (QED) is 0.863. The van der Waals surface area contributed by atoms with Gasteiger partial charge in [0.05, 0.1) is 13.2 Å². The molecule has 0 aliphatic rings. The molecular formula is C13H18N4O3S. The molecule has 1 heterocycles. The molecule has 0 bridgehead atoms. The van der Waals surface area contributed by atoms with Gasteiger partial charge >= 0.3 is 0 Å². The fourth-order valence-corrected chi connectivity index (χ4v) is 2.04. The van der Waals surface area contributed by atoms with Crippen LogP contribution in [-0.4, -0.2) is 40.0 Å². The Labute approximate surface area is 123 Å². The summed E-state index contributed by atoms with van der Waals surface area (Å²) >= 11 is 0. The molecule has 7 nitrogen and oxygen atoms in total. The zero-order valence-electron chi connectivity index (χ0n) is 12.2. The summed E-state index contributed by atoms with van der Waals surface area (Å²) in [4.78, 5) is 1.36. The minimum absolute atomic E-state index is 0.00540. The van der Waals surface area contributed by atoms with Crippen LogP contribution in [0.1, 0.15) is 30.8 Å². The van der Waals surface area contributed by atoms with E-state index in [0.717, 1.165) is 17.4 Å². The van der Waals surface area contributed by atoms with Gasteiger partial charge in [0.15, 0.2) is 15.7 Å². The van der Waals surface area contributed by atoms with Crippen molar-refractivity contribution in [3.05, 3.63) is 41.2 Å². The average Bonchev–Trinajstić information content (AvgIpc) is 2.87. The third-order valence-corrected chi connectivity index (χ3v) is 5.48. The number of hydrogen-bond donors (Lipinski definition) is 1. The van der Waals surface area contributed by atoms with Gasteiger partial charge in [-0.05, 0) is 30.2 Å². The van der Waals surface area contributed by atoms with Crippen molar-refractivity contribution >= 4 is 9.84 Å². The molecule has 0 saturated carbocycles. The van der Waals surface area contributed by atoms with Crippen molar-refractivity contribution in [2.45, 2.75) is 31.7 Å². The molecule has 1 aromatic carbocycles. The third kappa shape index (κ3) is 3.27. The smallest absolute Gasteiger partial charge is 0.195 e. The van der Waals surface area contributed by atoms with E-state index in [-0.39, 0.29) is 12.4 Å². The molecule has 2 aromatic rings. The Morgan fingerprint density at radius 1 is 1.19 bits per heavy atom. The van der Waals surface area contributed by atoms with Gasteiger partial charge in [-0.15, -0.1) is 10.2 Å². The van der Waals surface area contributed by atoms with E-state index in [9.17, 15) is 8.42 Å². The summed E-state index contributed by atoms with van der Waals surface area (Å²) in [6.07, 6.45) is 1.15. The molecule has 0 atom stereocenters. The summed E-state index contributed by atoms with van der Waals surface area (Å²) in [6, 6.07) is 7.34. The van der Waals surface area contributed by atoms with Crippen LogP contribution in [0.3, 0.4) is 0 Å². The number of tetrazole rings is 1. The molecule has 8 heteroatoms. The second-order valence-electron chi connectivity index (χ2n) is 5.40. The zero-order valence-corrected chi connectivity index (χ0v) is 13.0. The van der Waals surface area contributed by atoms with Gasteiger partial charge in [-0.3, -0.25) is 0 Å². The Bertz CT molecular complexity index is 720. The van der Waals surface area contributed by atoms with Gasteiger partial charge < -0.3 is 5.11 Å². The summed E-state index contributed by atoms with van der Waals surface area (Å²) < 4.78 is 22.3. The van der Waals surface area contributed by atoms with Crippen LogP contribution in [0.25, 0.3) is 0 Å². The van der Waals surface area contributed by atoms with Gasteiger partial charge in [0, 0.05) is 6.26 Å². The number of hydrogen-bond acceptors (Lipinski definition) is 6. The molecule has 1 N–H and O–H groups in total. The highest BCUT2D eigenvalue weighted by molar-refractivity contribution is 7.91. The fourth-order valence-electron chi connectivity index (χ4n) is 1.63. The van der Waals surface area contributed by atoms with Crippen LogP contribution in [0.15, 0.2) is 24.3 Å². The first kappa shape index (κ1) is 15.6. The minimum Gasteiger partial charge on any atom is -0.392 e. The Kier molecular flexibility index (Phi) is 4.11. The third-order valence-electron chi connectivity index (χ3n) is 3.45. The van der Waals surface area contributed by atoms with Crippen molar-refractivity contribution in [3.8, 4) is 0 Å². The lowest BCUT2D eigenvalue weighted by Crippen LogP contribution is -2.29. The molecule has 1 aromatic heterocycles. The molecular weight excluding hydrogens is 292 g/mol. The van der Waals surface area contributed by atoms with Gasteiger partial charge in [0.2, 0.25) is 0 Å². The Morgan fingerprint density at radius 2 is 1.76 bits per heavy atom. The number of aliphatic hydroxyl groups is 1. The molecule has 114 valence electrons. The number of aliphatic hydroxyl groups excluding tert-OH is 1. The molecule has 0 aliphatic carbocycles. The zero-order chi connectivity index (χ0) is 15.7. The highest BCUT2D eigenvalue weighted by Crippen LogP contribution is 2.24. The van der Waals surface area contributed by atoms with Crippen LogP contribution >= 0.6 is 0 Å². The van der Waals surface area contributed by atoms with Gasteiger partial charge in [-0.25, -0.2) is 8.42 Å². The Morgan fingerprint density at radius 3 is 2.29 bits per heavy atom. The number of rotatable bonds is 5. The molecule has 0 aliphatic heterocycles. The molecule has 0 amide bonds. The fraction of sp³-hybridized carbons (Fsp3) is 0.462. The summed E-state index contributed by atoms with van der Waals surface area (Å²) in [5.41, 5.74) is 1.76. The van der Waals surface area contributed by atoms with E-state index in [4.69, 9.17) is 5.11 Å². The molecule has 0 unspecified atom stereocenters. The van der Waals surface area contributed by atoms with E-state index in [2.05, 4.69) is 15.4 Å². The normalized spacial score (nSPS) is 12.6. The summed E-state index contributed by atoms with van der Waals surface area (Å²) in [5, 5.41) is 20.9. The SMILES string of the molecule is CC(C)(c1nnn(Cc2ccc(CO)cc2)n1)S(C)(=O)=O. The first-order valence-electron chi connectivity index (χ1n) is 6.40. The number of nitrogens with zero attached hydrogens (tertiary/aromatic N) is 4. The Hall–Kier alpha value is -1.80. The number of sulfone groups is 1.